The highest BCUT2D eigenvalue weighted by Crippen LogP contribution is 2.30. The van der Waals surface area contributed by atoms with E-state index in [0.717, 1.165) is 22.5 Å². The molecule has 0 radical (unpaired) electrons. The van der Waals surface area contributed by atoms with Gasteiger partial charge in [-0.25, -0.2) is 4.98 Å². The Hall–Kier alpha value is -1.17. The van der Waals surface area contributed by atoms with Crippen LogP contribution in [0.4, 0.5) is 0 Å². The van der Waals surface area contributed by atoms with Crippen molar-refractivity contribution in [3.63, 3.8) is 0 Å². The Morgan fingerprint density at radius 2 is 1.95 bits per heavy atom. The molecule has 2 rings (SSSR count). The molecule has 1 aromatic heterocycles. The molecule has 1 aromatic carbocycles. The summed E-state index contributed by atoms with van der Waals surface area (Å²) in [7, 11) is 8.22. The molecule has 1 heterocycles. The van der Waals surface area contributed by atoms with E-state index in [4.69, 9.17) is 4.98 Å². The van der Waals surface area contributed by atoms with Gasteiger partial charge in [0.15, 0.2) is 0 Å². The fraction of sp³-hybridized carbons (Fsp3) is 0.400. The van der Waals surface area contributed by atoms with Crippen LogP contribution < -0.4 is 5.32 Å². The molecule has 0 spiro atoms. The lowest BCUT2D eigenvalue weighted by atomic mass is 10.2. The third-order valence-electron chi connectivity index (χ3n) is 3.46. The van der Waals surface area contributed by atoms with E-state index in [9.17, 15) is 0 Å². The number of hydrogen-bond donors (Lipinski definition) is 1. The topological polar surface area (TPSA) is 33.1 Å². The number of benzene rings is 1. The average molecular weight is 337 g/mol. The quantitative estimate of drug-likeness (QED) is 0.911. The number of hydrogen-bond acceptors (Lipinski definition) is 3. The predicted octanol–water partition coefficient (Wildman–Crippen LogP) is 2.67. The molecular weight excluding hydrogens is 316 g/mol. The number of likely N-dealkylation sites (N-methyl/N-ethyl adjacent to an activating group) is 2. The normalized spacial score (nSPS) is 12.9. The minimum Gasteiger partial charge on any atom is -0.329 e. The second-order valence-corrected chi connectivity index (χ2v) is 5.82. The Kier molecular flexibility index (Phi) is 4.96. The lowest BCUT2D eigenvalue weighted by Gasteiger charge is -2.25. The van der Waals surface area contributed by atoms with Crippen molar-refractivity contribution in [1.82, 2.24) is 19.8 Å². The highest BCUT2D eigenvalue weighted by molar-refractivity contribution is 9.10. The van der Waals surface area contributed by atoms with Crippen LogP contribution in [-0.2, 0) is 7.05 Å². The summed E-state index contributed by atoms with van der Waals surface area (Å²) >= 11 is 3.62. The predicted molar refractivity (Wildman–Crippen MR) is 86.7 cm³/mol. The minimum atomic E-state index is 0.268. The lowest BCUT2D eigenvalue weighted by Crippen LogP contribution is -2.31. The first-order chi connectivity index (χ1) is 9.56. The fourth-order valence-electron chi connectivity index (χ4n) is 2.40. The molecule has 0 aliphatic heterocycles. The van der Waals surface area contributed by atoms with Crippen LogP contribution in [-0.4, -0.2) is 42.1 Å². The van der Waals surface area contributed by atoms with Crippen LogP contribution in [0.3, 0.4) is 0 Å². The Labute approximate surface area is 128 Å². The molecule has 0 amide bonds. The molecule has 1 N–H and O–H groups in total. The van der Waals surface area contributed by atoms with Crippen LogP contribution in [0, 0.1) is 0 Å². The van der Waals surface area contributed by atoms with E-state index >= 15 is 0 Å². The van der Waals surface area contributed by atoms with Crippen molar-refractivity contribution >= 4 is 15.9 Å². The van der Waals surface area contributed by atoms with Crippen molar-refractivity contribution < 1.29 is 0 Å². The molecule has 108 valence electrons. The van der Waals surface area contributed by atoms with Crippen molar-refractivity contribution in [1.29, 1.82) is 0 Å². The molecule has 20 heavy (non-hydrogen) atoms. The number of rotatable bonds is 5. The Morgan fingerprint density at radius 3 is 2.50 bits per heavy atom. The zero-order valence-corrected chi connectivity index (χ0v) is 14.0. The van der Waals surface area contributed by atoms with Crippen LogP contribution in [0.5, 0.6) is 0 Å². The summed E-state index contributed by atoms with van der Waals surface area (Å²) < 4.78 is 3.08. The van der Waals surface area contributed by atoms with Gasteiger partial charge in [0.05, 0.1) is 11.7 Å². The lowest BCUT2D eigenvalue weighted by molar-refractivity contribution is 0.282. The summed E-state index contributed by atoms with van der Waals surface area (Å²) in [6.07, 6.45) is 0. The second kappa shape index (κ2) is 6.52. The summed E-state index contributed by atoms with van der Waals surface area (Å²) in [5.74, 6) is 0.982. The Balaban J connectivity index is 2.48. The largest absolute Gasteiger partial charge is 0.329 e. The highest BCUT2D eigenvalue weighted by atomic mass is 79.9. The zero-order chi connectivity index (χ0) is 14.7. The molecular formula is C15H21BrN4. The van der Waals surface area contributed by atoms with Gasteiger partial charge in [-0.1, -0.05) is 30.3 Å². The summed E-state index contributed by atoms with van der Waals surface area (Å²) in [4.78, 5) is 6.89. The van der Waals surface area contributed by atoms with Crippen molar-refractivity contribution in [3.8, 4) is 11.4 Å². The number of halogens is 1. The summed E-state index contributed by atoms with van der Waals surface area (Å²) in [5, 5.41) is 3.25. The minimum absolute atomic E-state index is 0.268. The van der Waals surface area contributed by atoms with E-state index in [0.29, 0.717) is 0 Å². The van der Waals surface area contributed by atoms with Crippen LogP contribution in [0.2, 0.25) is 0 Å². The smallest absolute Gasteiger partial charge is 0.141 e. The molecule has 1 unspecified atom stereocenters. The van der Waals surface area contributed by atoms with E-state index in [2.05, 4.69) is 64.0 Å². The number of aromatic nitrogens is 2. The van der Waals surface area contributed by atoms with E-state index in [1.54, 1.807) is 0 Å². The molecule has 5 heteroatoms. The first-order valence-corrected chi connectivity index (χ1v) is 7.44. The van der Waals surface area contributed by atoms with Crippen molar-refractivity contribution in [3.05, 3.63) is 40.6 Å². The van der Waals surface area contributed by atoms with Gasteiger partial charge in [-0.2, -0.15) is 0 Å². The maximum Gasteiger partial charge on any atom is 0.141 e. The summed E-state index contributed by atoms with van der Waals surface area (Å²) in [6.45, 7) is 0.874. The van der Waals surface area contributed by atoms with Gasteiger partial charge < -0.3 is 9.88 Å². The second-order valence-electron chi connectivity index (χ2n) is 5.07. The molecule has 0 bridgehead atoms. The van der Waals surface area contributed by atoms with Crippen LogP contribution in [0.1, 0.15) is 11.7 Å². The maximum atomic E-state index is 4.69. The Morgan fingerprint density at radius 1 is 1.30 bits per heavy atom. The van der Waals surface area contributed by atoms with Gasteiger partial charge in [-0.05, 0) is 37.1 Å². The average Bonchev–Trinajstić information content (AvgIpc) is 2.72. The molecule has 1 atom stereocenters. The molecule has 0 saturated heterocycles. The number of imidazole rings is 1. The van der Waals surface area contributed by atoms with Gasteiger partial charge in [0, 0.05) is 19.2 Å². The van der Waals surface area contributed by atoms with E-state index in [1.165, 1.54) is 5.69 Å². The highest BCUT2D eigenvalue weighted by Gasteiger charge is 2.23. The van der Waals surface area contributed by atoms with Gasteiger partial charge in [0.2, 0.25) is 0 Å². The monoisotopic (exact) mass is 336 g/mol. The standard InChI is InChI=1S/C15H21BrN4/c1-17-10-12(19(2)3)13-14(16)18-15(20(13)4)11-8-6-5-7-9-11/h5-9,12,17H,10H2,1-4H3. The number of nitrogens with zero attached hydrogens (tertiary/aromatic N) is 3. The van der Waals surface area contributed by atoms with E-state index in [-0.39, 0.29) is 6.04 Å². The van der Waals surface area contributed by atoms with Gasteiger partial charge in [-0.3, -0.25) is 4.90 Å². The van der Waals surface area contributed by atoms with Gasteiger partial charge >= 0.3 is 0 Å². The van der Waals surface area contributed by atoms with E-state index < -0.39 is 0 Å². The van der Waals surface area contributed by atoms with E-state index in [1.807, 2.05) is 25.2 Å². The molecule has 0 fully saturated rings. The summed E-state index contributed by atoms with van der Waals surface area (Å²) in [6, 6.07) is 10.5. The molecule has 2 aromatic rings. The van der Waals surface area contributed by atoms with Gasteiger partial charge in [0.1, 0.15) is 10.4 Å². The molecule has 4 nitrogen and oxygen atoms in total. The molecule has 0 aliphatic rings. The third-order valence-corrected chi connectivity index (χ3v) is 4.05. The first-order valence-electron chi connectivity index (χ1n) is 6.64. The van der Waals surface area contributed by atoms with Crippen molar-refractivity contribution in [2.75, 3.05) is 27.7 Å². The van der Waals surface area contributed by atoms with Crippen molar-refractivity contribution in [2.45, 2.75) is 6.04 Å². The first kappa shape index (κ1) is 15.2. The third kappa shape index (κ3) is 2.95. The van der Waals surface area contributed by atoms with Crippen LogP contribution in [0.25, 0.3) is 11.4 Å². The zero-order valence-electron chi connectivity index (χ0n) is 12.4. The SMILES string of the molecule is CNCC(c1c(Br)nc(-c2ccccc2)n1C)N(C)C. The fourth-order valence-corrected chi connectivity index (χ4v) is 3.10. The summed E-state index contributed by atoms with van der Waals surface area (Å²) in [5.41, 5.74) is 2.31. The maximum absolute atomic E-state index is 4.69. The number of nitrogens with one attached hydrogen (secondary N) is 1. The molecule has 0 saturated carbocycles. The molecule has 0 aliphatic carbocycles. The Bertz CT molecular complexity index is 563. The van der Waals surface area contributed by atoms with Crippen LogP contribution in [0.15, 0.2) is 34.9 Å². The van der Waals surface area contributed by atoms with Gasteiger partial charge in [0.25, 0.3) is 0 Å². The van der Waals surface area contributed by atoms with Crippen LogP contribution >= 0.6 is 15.9 Å². The van der Waals surface area contributed by atoms with Gasteiger partial charge in [-0.15, -0.1) is 0 Å². The van der Waals surface area contributed by atoms with Crippen molar-refractivity contribution in [2.24, 2.45) is 7.05 Å².